The number of thiazole rings is 1. The van der Waals surface area contributed by atoms with E-state index in [1.54, 1.807) is 11.3 Å². The predicted molar refractivity (Wildman–Crippen MR) is 74.1 cm³/mol. The second-order valence-corrected chi connectivity index (χ2v) is 5.59. The van der Waals surface area contributed by atoms with E-state index in [4.69, 9.17) is 10.8 Å². The smallest absolute Gasteiger partial charge is 0.194 e. The van der Waals surface area contributed by atoms with E-state index in [-0.39, 0.29) is 12.6 Å². The second kappa shape index (κ2) is 4.35. The lowest BCUT2D eigenvalue weighted by molar-refractivity contribution is 0.265. The van der Waals surface area contributed by atoms with Crippen LogP contribution in [0, 0.1) is 6.92 Å². The Morgan fingerprint density at radius 3 is 3.11 bits per heavy atom. The van der Waals surface area contributed by atoms with E-state index in [1.807, 2.05) is 13.1 Å². The summed E-state index contributed by atoms with van der Waals surface area (Å²) in [6.45, 7) is 2.02. The summed E-state index contributed by atoms with van der Waals surface area (Å²) in [4.78, 5) is 5.49. The largest absolute Gasteiger partial charge is 0.395 e. The van der Waals surface area contributed by atoms with Gasteiger partial charge in [0.2, 0.25) is 0 Å². The van der Waals surface area contributed by atoms with Crippen molar-refractivity contribution < 1.29 is 5.11 Å². The minimum atomic E-state index is -0.186. The number of nitrogens with zero attached hydrogens (tertiary/aromatic N) is 2. The first kappa shape index (κ1) is 11.6. The van der Waals surface area contributed by atoms with E-state index in [2.05, 4.69) is 27.6 Å². The lowest BCUT2D eigenvalue weighted by Gasteiger charge is -2.07. The molecule has 0 saturated carbocycles. The molecule has 94 valence electrons. The highest BCUT2D eigenvalue weighted by molar-refractivity contribution is 7.23. The van der Waals surface area contributed by atoms with E-state index < -0.39 is 0 Å². The topological polar surface area (TPSA) is 63.5 Å². The monoisotopic (exact) mass is 261 g/mol. The molecule has 1 unspecified atom stereocenters. The highest BCUT2D eigenvalue weighted by atomic mass is 32.1. The van der Waals surface area contributed by atoms with Crippen molar-refractivity contribution in [2.75, 3.05) is 6.61 Å². The van der Waals surface area contributed by atoms with Gasteiger partial charge in [0, 0.05) is 12.2 Å². The lowest BCUT2D eigenvalue weighted by Crippen LogP contribution is -2.26. The number of aliphatic hydroxyl groups excluding tert-OH is 1. The SMILES string of the molecule is Cc1cn2c(n1)sc1cc(CC(N)CO)ccc12. The number of aliphatic hydroxyl groups is 1. The fourth-order valence-corrected chi connectivity index (χ4v) is 3.27. The molecule has 0 aliphatic heterocycles. The molecule has 5 heteroatoms. The first-order chi connectivity index (χ1) is 8.67. The summed E-state index contributed by atoms with van der Waals surface area (Å²) in [7, 11) is 0. The van der Waals surface area contributed by atoms with Gasteiger partial charge >= 0.3 is 0 Å². The molecule has 0 saturated heterocycles. The van der Waals surface area contributed by atoms with Crippen LogP contribution in [0.2, 0.25) is 0 Å². The maximum Gasteiger partial charge on any atom is 0.194 e. The number of rotatable bonds is 3. The Morgan fingerprint density at radius 1 is 1.50 bits per heavy atom. The quantitative estimate of drug-likeness (QED) is 0.754. The fraction of sp³-hybridized carbons (Fsp3) is 0.308. The van der Waals surface area contributed by atoms with Crippen molar-refractivity contribution in [3.8, 4) is 0 Å². The van der Waals surface area contributed by atoms with E-state index in [9.17, 15) is 0 Å². The number of nitrogens with two attached hydrogens (primary N) is 1. The van der Waals surface area contributed by atoms with Crippen molar-refractivity contribution >= 4 is 26.5 Å². The van der Waals surface area contributed by atoms with Gasteiger partial charge in [-0.25, -0.2) is 4.98 Å². The van der Waals surface area contributed by atoms with Crippen LogP contribution in [-0.2, 0) is 6.42 Å². The van der Waals surface area contributed by atoms with E-state index in [1.165, 1.54) is 10.2 Å². The van der Waals surface area contributed by atoms with Crippen LogP contribution in [0.25, 0.3) is 15.2 Å². The zero-order valence-electron chi connectivity index (χ0n) is 10.1. The average Bonchev–Trinajstić information content (AvgIpc) is 2.84. The van der Waals surface area contributed by atoms with E-state index in [0.29, 0.717) is 6.42 Å². The summed E-state index contributed by atoms with van der Waals surface area (Å²) in [5, 5.41) is 8.98. The summed E-state index contributed by atoms with van der Waals surface area (Å²) in [6, 6.07) is 6.12. The van der Waals surface area contributed by atoms with Gasteiger partial charge in [-0.15, -0.1) is 0 Å². The summed E-state index contributed by atoms with van der Waals surface area (Å²) >= 11 is 1.68. The molecular formula is C13H15N3OS. The van der Waals surface area contributed by atoms with Crippen LogP contribution >= 0.6 is 11.3 Å². The van der Waals surface area contributed by atoms with Gasteiger partial charge in [0.1, 0.15) is 0 Å². The first-order valence-corrected chi connectivity index (χ1v) is 6.72. The molecule has 18 heavy (non-hydrogen) atoms. The van der Waals surface area contributed by atoms with Gasteiger partial charge in [-0.3, -0.25) is 4.40 Å². The molecule has 2 aromatic heterocycles. The fourth-order valence-electron chi connectivity index (χ4n) is 2.15. The van der Waals surface area contributed by atoms with E-state index in [0.717, 1.165) is 16.2 Å². The Morgan fingerprint density at radius 2 is 2.33 bits per heavy atom. The molecular weight excluding hydrogens is 246 g/mol. The molecule has 3 N–H and O–H groups in total. The summed E-state index contributed by atoms with van der Waals surface area (Å²) in [5.74, 6) is 0. The van der Waals surface area contributed by atoms with Crippen LogP contribution in [0.15, 0.2) is 24.4 Å². The van der Waals surface area contributed by atoms with Crippen molar-refractivity contribution in [3.05, 3.63) is 35.7 Å². The molecule has 0 aliphatic carbocycles. The number of fused-ring (bicyclic) bond motifs is 3. The summed E-state index contributed by atoms with van der Waals surface area (Å²) in [5.41, 5.74) is 9.13. The third-order valence-electron chi connectivity index (χ3n) is 3.01. The number of hydrogen-bond donors (Lipinski definition) is 2. The second-order valence-electron chi connectivity index (χ2n) is 4.59. The van der Waals surface area contributed by atoms with Gasteiger partial charge in [-0.1, -0.05) is 17.4 Å². The van der Waals surface area contributed by atoms with Crippen LogP contribution < -0.4 is 5.73 Å². The van der Waals surface area contributed by atoms with Crippen LogP contribution in [0.5, 0.6) is 0 Å². The molecule has 0 aliphatic rings. The highest BCUT2D eigenvalue weighted by Crippen LogP contribution is 2.27. The Hall–Kier alpha value is -1.43. The summed E-state index contributed by atoms with van der Waals surface area (Å²) < 4.78 is 3.32. The Labute approximate surface area is 109 Å². The van der Waals surface area contributed by atoms with Crippen molar-refractivity contribution in [2.45, 2.75) is 19.4 Å². The molecule has 3 aromatic rings. The number of aryl methyl sites for hydroxylation is 1. The van der Waals surface area contributed by atoms with Crippen LogP contribution in [0.4, 0.5) is 0 Å². The molecule has 0 radical (unpaired) electrons. The Bertz CT molecular complexity index is 701. The number of benzene rings is 1. The van der Waals surface area contributed by atoms with Crippen molar-refractivity contribution in [3.63, 3.8) is 0 Å². The molecule has 0 amide bonds. The van der Waals surface area contributed by atoms with Gasteiger partial charge in [0.25, 0.3) is 0 Å². The minimum absolute atomic E-state index is 0.0188. The molecule has 3 rings (SSSR count). The Kier molecular flexibility index (Phi) is 2.81. The number of hydrogen-bond acceptors (Lipinski definition) is 4. The van der Waals surface area contributed by atoms with Gasteiger partial charge in [-0.05, 0) is 31.0 Å². The standard InChI is InChI=1S/C13H15N3OS/c1-8-6-16-11-3-2-9(4-10(14)7-17)5-12(11)18-13(16)15-8/h2-3,5-6,10,17H,4,7,14H2,1H3. The Balaban J connectivity index is 2.07. The van der Waals surface area contributed by atoms with E-state index >= 15 is 0 Å². The zero-order chi connectivity index (χ0) is 12.7. The van der Waals surface area contributed by atoms with Crippen molar-refractivity contribution in [1.29, 1.82) is 0 Å². The van der Waals surface area contributed by atoms with Crippen molar-refractivity contribution in [2.24, 2.45) is 5.73 Å². The van der Waals surface area contributed by atoms with Gasteiger partial charge in [0.05, 0.1) is 22.5 Å². The van der Waals surface area contributed by atoms with Gasteiger partial charge in [-0.2, -0.15) is 0 Å². The number of aromatic nitrogens is 2. The highest BCUT2D eigenvalue weighted by Gasteiger charge is 2.09. The van der Waals surface area contributed by atoms with Crippen LogP contribution in [0.3, 0.4) is 0 Å². The molecule has 1 atom stereocenters. The average molecular weight is 261 g/mol. The van der Waals surface area contributed by atoms with Crippen molar-refractivity contribution in [1.82, 2.24) is 9.38 Å². The zero-order valence-corrected chi connectivity index (χ0v) is 10.9. The molecule has 0 spiro atoms. The minimum Gasteiger partial charge on any atom is -0.395 e. The molecule has 0 fully saturated rings. The molecule has 4 nitrogen and oxygen atoms in total. The molecule has 1 aromatic carbocycles. The molecule has 0 bridgehead atoms. The first-order valence-electron chi connectivity index (χ1n) is 5.91. The normalized spacial score (nSPS) is 13.5. The third kappa shape index (κ3) is 1.90. The third-order valence-corrected chi connectivity index (χ3v) is 4.03. The lowest BCUT2D eigenvalue weighted by atomic mass is 10.1. The maximum absolute atomic E-state index is 8.98. The van der Waals surface area contributed by atoms with Gasteiger partial charge < -0.3 is 10.8 Å². The van der Waals surface area contributed by atoms with Crippen LogP contribution in [0.1, 0.15) is 11.3 Å². The number of imidazole rings is 1. The van der Waals surface area contributed by atoms with Gasteiger partial charge in [0.15, 0.2) is 4.96 Å². The molecule has 2 heterocycles. The predicted octanol–water partition coefficient (Wildman–Crippen LogP) is 1.72. The van der Waals surface area contributed by atoms with Crippen LogP contribution in [-0.4, -0.2) is 27.1 Å². The maximum atomic E-state index is 8.98. The summed E-state index contributed by atoms with van der Waals surface area (Å²) in [6.07, 6.45) is 2.75.